The number of benzene rings is 1. The predicted octanol–water partition coefficient (Wildman–Crippen LogP) is 5.50. The van der Waals surface area contributed by atoms with Crippen LogP contribution in [-0.2, 0) is 12.8 Å². The van der Waals surface area contributed by atoms with E-state index < -0.39 is 0 Å². The van der Waals surface area contributed by atoms with Crippen molar-refractivity contribution in [3.05, 3.63) is 34.9 Å². The Morgan fingerprint density at radius 1 is 1.22 bits per heavy atom. The third-order valence-corrected chi connectivity index (χ3v) is 4.58. The molecule has 0 saturated heterocycles. The average molecular weight is 244 g/mol. The second-order valence-electron chi connectivity index (χ2n) is 6.12. The van der Waals surface area contributed by atoms with Gasteiger partial charge >= 0.3 is 0 Å². The van der Waals surface area contributed by atoms with Gasteiger partial charge in [0.2, 0.25) is 0 Å². The first-order valence-electron chi connectivity index (χ1n) is 7.86. The highest BCUT2D eigenvalue weighted by molar-refractivity contribution is 5.35. The lowest BCUT2D eigenvalue weighted by molar-refractivity contribution is 0.499. The fourth-order valence-corrected chi connectivity index (χ4v) is 3.27. The highest BCUT2D eigenvalue weighted by Gasteiger charge is 2.17. The molecule has 0 nitrogen and oxygen atoms in total. The summed E-state index contributed by atoms with van der Waals surface area (Å²) in [5, 5.41) is 0. The van der Waals surface area contributed by atoms with Gasteiger partial charge in [-0.15, -0.1) is 0 Å². The first kappa shape index (κ1) is 13.6. The quantitative estimate of drug-likeness (QED) is 0.642. The summed E-state index contributed by atoms with van der Waals surface area (Å²) in [6, 6.07) is 7.33. The van der Waals surface area contributed by atoms with Crippen molar-refractivity contribution in [1.82, 2.24) is 0 Å². The van der Waals surface area contributed by atoms with Gasteiger partial charge < -0.3 is 0 Å². The number of aryl methyl sites for hydroxylation is 1. The van der Waals surface area contributed by atoms with E-state index in [1.165, 1.54) is 44.9 Å². The highest BCUT2D eigenvalue weighted by atomic mass is 14.2. The minimum absolute atomic E-state index is 0.787. The van der Waals surface area contributed by atoms with Gasteiger partial charge in [0, 0.05) is 0 Å². The molecule has 2 rings (SSSR count). The average Bonchev–Trinajstić information content (AvgIpc) is 2.39. The van der Waals surface area contributed by atoms with Crippen LogP contribution in [-0.4, -0.2) is 0 Å². The molecular weight excluding hydrogens is 216 g/mol. The Kier molecular flexibility index (Phi) is 4.86. The molecule has 1 aromatic carbocycles. The van der Waals surface area contributed by atoms with Gasteiger partial charge in [-0.2, -0.15) is 0 Å². The van der Waals surface area contributed by atoms with Crippen LogP contribution < -0.4 is 0 Å². The predicted molar refractivity (Wildman–Crippen MR) is 80.2 cm³/mol. The highest BCUT2D eigenvalue weighted by Crippen LogP contribution is 2.31. The molecule has 18 heavy (non-hydrogen) atoms. The molecule has 0 heteroatoms. The number of rotatable bonds is 5. The van der Waals surface area contributed by atoms with Crippen LogP contribution in [0.15, 0.2) is 18.2 Å². The van der Waals surface area contributed by atoms with Crippen LogP contribution in [0.25, 0.3) is 0 Å². The van der Waals surface area contributed by atoms with Crippen LogP contribution in [0.4, 0.5) is 0 Å². The van der Waals surface area contributed by atoms with E-state index in [9.17, 15) is 0 Å². The molecule has 0 spiro atoms. The van der Waals surface area contributed by atoms with E-state index in [0.29, 0.717) is 0 Å². The molecule has 0 heterocycles. The normalized spacial score (nSPS) is 20.5. The smallest absolute Gasteiger partial charge is 0.0164 e. The van der Waals surface area contributed by atoms with E-state index in [-0.39, 0.29) is 0 Å². The van der Waals surface area contributed by atoms with Crippen molar-refractivity contribution in [1.29, 1.82) is 0 Å². The van der Waals surface area contributed by atoms with Gasteiger partial charge in [-0.25, -0.2) is 0 Å². The Morgan fingerprint density at radius 3 is 2.78 bits per heavy atom. The van der Waals surface area contributed by atoms with Crippen molar-refractivity contribution in [2.75, 3.05) is 0 Å². The molecule has 100 valence electrons. The number of hydrogen-bond acceptors (Lipinski definition) is 0. The fourth-order valence-electron chi connectivity index (χ4n) is 3.27. The van der Waals surface area contributed by atoms with Gasteiger partial charge in [0.25, 0.3) is 0 Å². The van der Waals surface area contributed by atoms with Gasteiger partial charge in [0.05, 0.1) is 0 Å². The maximum Gasteiger partial charge on any atom is -0.0164 e. The van der Waals surface area contributed by atoms with Crippen LogP contribution in [0, 0.1) is 5.92 Å². The van der Waals surface area contributed by atoms with E-state index in [2.05, 4.69) is 39.0 Å². The minimum Gasteiger partial charge on any atom is -0.0654 e. The molecule has 1 aromatic rings. The second kappa shape index (κ2) is 6.41. The molecule has 0 aromatic heterocycles. The Labute approximate surface area is 113 Å². The molecule has 2 unspecified atom stereocenters. The molecule has 0 aliphatic heterocycles. The van der Waals surface area contributed by atoms with Gasteiger partial charge in [0.1, 0.15) is 0 Å². The Morgan fingerprint density at radius 2 is 2.06 bits per heavy atom. The summed E-state index contributed by atoms with van der Waals surface area (Å²) in [7, 11) is 0. The summed E-state index contributed by atoms with van der Waals surface area (Å²) in [4.78, 5) is 0. The van der Waals surface area contributed by atoms with E-state index >= 15 is 0 Å². The lowest BCUT2D eigenvalue weighted by Crippen LogP contribution is -2.12. The Hall–Kier alpha value is -0.780. The zero-order valence-corrected chi connectivity index (χ0v) is 12.3. The maximum absolute atomic E-state index is 2.52. The monoisotopic (exact) mass is 244 g/mol. The van der Waals surface area contributed by atoms with Crippen LogP contribution in [0.3, 0.4) is 0 Å². The summed E-state index contributed by atoms with van der Waals surface area (Å²) in [5.41, 5.74) is 4.85. The summed E-state index contributed by atoms with van der Waals surface area (Å²) in [6.07, 6.45) is 9.31. The van der Waals surface area contributed by atoms with Crippen LogP contribution in [0.1, 0.15) is 75.5 Å². The molecule has 2 atom stereocenters. The van der Waals surface area contributed by atoms with Crippen LogP contribution in [0.5, 0.6) is 0 Å². The molecule has 0 bridgehead atoms. The first-order valence-corrected chi connectivity index (χ1v) is 7.86. The van der Waals surface area contributed by atoms with E-state index in [4.69, 9.17) is 0 Å². The number of unbranched alkanes of at least 4 members (excludes halogenated alkanes) is 1. The van der Waals surface area contributed by atoms with Crippen molar-refractivity contribution >= 4 is 0 Å². The molecule has 0 saturated carbocycles. The third kappa shape index (κ3) is 3.16. The minimum atomic E-state index is 0.787. The van der Waals surface area contributed by atoms with Crippen molar-refractivity contribution in [3.8, 4) is 0 Å². The zero-order valence-electron chi connectivity index (χ0n) is 12.3. The molecule has 0 radical (unpaired) electrons. The van der Waals surface area contributed by atoms with Crippen LogP contribution >= 0.6 is 0 Å². The largest absolute Gasteiger partial charge is 0.0654 e. The molecular formula is C18H28. The maximum atomic E-state index is 2.52. The van der Waals surface area contributed by atoms with Crippen LogP contribution in [0.2, 0.25) is 0 Å². The van der Waals surface area contributed by atoms with E-state index in [0.717, 1.165) is 11.8 Å². The summed E-state index contributed by atoms with van der Waals surface area (Å²) in [6.45, 7) is 7.01. The molecule has 0 amide bonds. The van der Waals surface area contributed by atoms with Gasteiger partial charge in [0.15, 0.2) is 0 Å². The zero-order chi connectivity index (χ0) is 13.0. The second-order valence-corrected chi connectivity index (χ2v) is 6.12. The standard InChI is InChI=1S/C18H28/c1-4-6-7-15(5-2)17-11-10-16-12-14(3)8-9-18(16)13-17/h10-11,13-15H,4-9,12H2,1-3H3. The summed E-state index contributed by atoms with van der Waals surface area (Å²) in [5.74, 6) is 1.67. The molecule has 0 N–H and O–H groups in total. The van der Waals surface area contributed by atoms with Gasteiger partial charge in [-0.1, -0.05) is 51.8 Å². The number of fused-ring (bicyclic) bond motifs is 1. The molecule has 0 fully saturated rings. The van der Waals surface area contributed by atoms with Crippen molar-refractivity contribution < 1.29 is 0 Å². The van der Waals surface area contributed by atoms with E-state index in [1.807, 2.05) is 0 Å². The Bertz CT molecular complexity index is 378. The lowest BCUT2D eigenvalue weighted by atomic mass is 9.82. The Balaban J connectivity index is 2.14. The van der Waals surface area contributed by atoms with Crippen molar-refractivity contribution in [3.63, 3.8) is 0 Å². The summed E-state index contributed by atoms with van der Waals surface area (Å²) < 4.78 is 0. The fraction of sp³-hybridized carbons (Fsp3) is 0.667. The SMILES string of the molecule is CCCCC(CC)c1ccc2c(c1)CCC(C)C2. The number of hydrogen-bond donors (Lipinski definition) is 0. The van der Waals surface area contributed by atoms with E-state index in [1.54, 1.807) is 16.7 Å². The van der Waals surface area contributed by atoms with Gasteiger partial charge in [-0.3, -0.25) is 0 Å². The molecule has 1 aliphatic rings. The summed E-state index contributed by atoms with van der Waals surface area (Å²) >= 11 is 0. The first-order chi connectivity index (χ1) is 8.74. The third-order valence-electron chi connectivity index (χ3n) is 4.58. The lowest BCUT2D eigenvalue weighted by Gasteiger charge is -2.24. The van der Waals surface area contributed by atoms with Crippen molar-refractivity contribution in [2.45, 2.75) is 71.6 Å². The van der Waals surface area contributed by atoms with Gasteiger partial charge in [-0.05, 0) is 60.6 Å². The molecule has 1 aliphatic carbocycles. The topological polar surface area (TPSA) is 0 Å². The van der Waals surface area contributed by atoms with Crippen molar-refractivity contribution in [2.24, 2.45) is 5.92 Å².